The molecule has 2 rings (SSSR count). The number of esters is 1. The predicted molar refractivity (Wildman–Crippen MR) is 97.6 cm³/mol. The standard InChI is InChI=1S/C18H17Cl2NO4/c1-11(2)25-17(22)10-24-14-6-3-12(4-7-14)18(23)21-16-9-13(19)5-8-15(16)20/h3-9,11H,10H2,1-2H3,(H,21,23). The quantitative estimate of drug-likeness (QED) is 0.743. The Morgan fingerprint density at radius 3 is 2.40 bits per heavy atom. The number of halogens is 2. The number of benzene rings is 2. The highest BCUT2D eigenvalue weighted by Crippen LogP contribution is 2.26. The Balaban J connectivity index is 1.96. The summed E-state index contributed by atoms with van der Waals surface area (Å²) < 4.78 is 10.3. The van der Waals surface area contributed by atoms with Crippen LogP contribution in [0.25, 0.3) is 0 Å². The van der Waals surface area contributed by atoms with Crippen LogP contribution in [-0.4, -0.2) is 24.6 Å². The van der Waals surface area contributed by atoms with Crippen LogP contribution >= 0.6 is 23.2 Å². The summed E-state index contributed by atoms with van der Waals surface area (Å²) in [6, 6.07) is 11.2. The predicted octanol–water partition coefficient (Wildman–Crippen LogP) is 4.58. The zero-order valence-electron chi connectivity index (χ0n) is 13.7. The van der Waals surface area contributed by atoms with Gasteiger partial charge in [-0.3, -0.25) is 4.79 Å². The molecule has 5 nitrogen and oxygen atoms in total. The molecule has 0 aliphatic heterocycles. The fourth-order valence-corrected chi connectivity index (χ4v) is 2.27. The number of hydrogen-bond acceptors (Lipinski definition) is 4. The van der Waals surface area contributed by atoms with Gasteiger partial charge in [0, 0.05) is 10.6 Å². The second-order valence-electron chi connectivity index (χ2n) is 5.43. The van der Waals surface area contributed by atoms with Crippen molar-refractivity contribution >= 4 is 40.8 Å². The van der Waals surface area contributed by atoms with Crippen LogP contribution in [0.4, 0.5) is 5.69 Å². The van der Waals surface area contributed by atoms with Crippen LogP contribution in [0.1, 0.15) is 24.2 Å². The van der Waals surface area contributed by atoms with E-state index in [0.717, 1.165) is 0 Å². The Morgan fingerprint density at radius 1 is 1.08 bits per heavy atom. The normalized spacial score (nSPS) is 10.4. The lowest BCUT2D eigenvalue weighted by molar-refractivity contribution is -0.149. The first-order valence-electron chi connectivity index (χ1n) is 7.54. The number of rotatable bonds is 6. The molecule has 0 heterocycles. The van der Waals surface area contributed by atoms with Gasteiger partial charge in [0.25, 0.3) is 5.91 Å². The van der Waals surface area contributed by atoms with Gasteiger partial charge in [-0.05, 0) is 56.3 Å². The van der Waals surface area contributed by atoms with Crippen LogP contribution in [0, 0.1) is 0 Å². The molecule has 0 radical (unpaired) electrons. The topological polar surface area (TPSA) is 64.6 Å². The lowest BCUT2D eigenvalue weighted by atomic mass is 10.2. The molecule has 0 saturated carbocycles. The molecule has 0 saturated heterocycles. The molecule has 0 aliphatic rings. The SMILES string of the molecule is CC(C)OC(=O)COc1ccc(C(=O)Nc2cc(Cl)ccc2Cl)cc1. The highest BCUT2D eigenvalue weighted by atomic mass is 35.5. The molecule has 2 aromatic carbocycles. The van der Waals surface area contributed by atoms with Crippen molar-refractivity contribution in [1.82, 2.24) is 0 Å². The average molecular weight is 382 g/mol. The summed E-state index contributed by atoms with van der Waals surface area (Å²) >= 11 is 11.9. The largest absolute Gasteiger partial charge is 0.482 e. The molecule has 25 heavy (non-hydrogen) atoms. The van der Waals surface area contributed by atoms with Crippen LogP contribution in [-0.2, 0) is 9.53 Å². The summed E-state index contributed by atoms with van der Waals surface area (Å²) in [5.74, 6) is -0.333. The van der Waals surface area contributed by atoms with Crippen molar-refractivity contribution in [2.75, 3.05) is 11.9 Å². The van der Waals surface area contributed by atoms with Gasteiger partial charge < -0.3 is 14.8 Å². The monoisotopic (exact) mass is 381 g/mol. The maximum absolute atomic E-state index is 12.2. The molecule has 132 valence electrons. The summed E-state index contributed by atoms with van der Waals surface area (Å²) in [5.41, 5.74) is 0.837. The minimum atomic E-state index is -0.451. The maximum Gasteiger partial charge on any atom is 0.344 e. The van der Waals surface area contributed by atoms with Crippen molar-refractivity contribution in [3.05, 3.63) is 58.1 Å². The fraction of sp³-hybridized carbons (Fsp3) is 0.222. The highest BCUT2D eigenvalue weighted by molar-refractivity contribution is 6.35. The number of carbonyl (C=O) groups excluding carboxylic acids is 2. The maximum atomic E-state index is 12.2. The van der Waals surface area contributed by atoms with E-state index in [-0.39, 0.29) is 18.6 Å². The summed E-state index contributed by atoms with van der Waals surface area (Å²) in [5, 5.41) is 3.55. The molecule has 2 aromatic rings. The Labute approximate surface area is 155 Å². The summed E-state index contributed by atoms with van der Waals surface area (Å²) in [6.45, 7) is 3.33. The first-order valence-corrected chi connectivity index (χ1v) is 8.29. The van der Waals surface area contributed by atoms with Gasteiger partial charge in [-0.25, -0.2) is 4.79 Å². The zero-order chi connectivity index (χ0) is 18.4. The zero-order valence-corrected chi connectivity index (χ0v) is 15.2. The van der Waals surface area contributed by atoms with Crippen molar-refractivity contribution in [2.45, 2.75) is 20.0 Å². The highest BCUT2D eigenvalue weighted by Gasteiger charge is 2.10. The second kappa shape index (κ2) is 8.74. The third kappa shape index (κ3) is 5.96. The van der Waals surface area contributed by atoms with E-state index in [0.29, 0.717) is 27.0 Å². The number of amides is 1. The molecule has 0 bridgehead atoms. The van der Waals surface area contributed by atoms with Crippen LogP contribution < -0.4 is 10.1 Å². The van der Waals surface area contributed by atoms with Crippen LogP contribution in [0.2, 0.25) is 10.0 Å². The number of ether oxygens (including phenoxy) is 2. The summed E-state index contributed by atoms with van der Waals surface area (Å²) in [7, 11) is 0. The summed E-state index contributed by atoms with van der Waals surface area (Å²) in [6.07, 6.45) is -0.194. The molecule has 0 aromatic heterocycles. The van der Waals surface area contributed by atoms with Crippen LogP contribution in [0.3, 0.4) is 0 Å². The van der Waals surface area contributed by atoms with Gasteiger partial charge in [-0.15, -0.1) is 0 Å². The first kappa shape index (κ1) is 19.1. The minimum Gasteiger partial charge on any atom is -0.482 e. The van der Waals surface area contributed by atoms with E-state index in [2.05, 4.69) is 5.32 Å². The van der Waals surface area contributed by atoms with Gasteiger partial charge in [0.15, 0.2) is 6.61 Å². The molecule has 0 fully saturated rings. The first-order chi connectivity index (χ1) is 11.8. The van der Waals surface area contributed by atoms with Gasteiger partial charge in [0.2, 0.25) is 0 Å². The Kier molecular flexibility index (Phi) is 6.67. The van der Waals surface area contributed by atoms with Gasteiger partial charge in [0.05, 0.1) is 16.8 Å². The van der Waals surface area contributed by atoms with Gasteiger partial charge in [-0.2, -0.15) is 0 Å². The van der Waals surface area contributed by atoms with Crippen molar-refractivity contribution in [3.63, 3.8) is 0 Å². The van der Waals surface area contributed by atoms with Crippen molar-refractivity contribution in [2.24, 2.45) is 0 Å². The molecular weight excluding hydrogens is 365 g/mol. The van der Waals surface area contributed by atoms with Crippen LogP contribution in [0.15, 0.2) is 42.5 Å². The van der Waals surface area contributed by atoms with E-state index in [4.69, 9.17) is 32.7 Å². The van der Waals surface area contributed by atoms with Crippen molar-refractivity contribution < 1.29 is 19.1 Å². The number of hydrogen-bond donors (Lipinski definition) is 1. The van der Waals surface area contributed by atoms with Gasteiger partial charge >= 0.3 is 5.97 Å². The Bertz CT molecular complexity index is 760. The Hall–Kier alpha value is -2.24. The molecule has 0 unspecified atom stereocenters. The third-order valence-electron chi connectivity index (χ3n) is 3.02. The lowest BCUT2D eigenvalue weighted by Gasteiger charge is -2.10. The molecule has 0 spiro atoms. The van der Waals surface area contributed by atoms with E-state index < -0.39 is 5.97 Å². The average Bonchev–Trinajstić information content (AvgIpc) is 2.56. The number of nitrogens with one attached hydrogen (secondary N) is 1. The fourth-order valence-electron chi connectivity index (χ4n) is 1.93. The van der Waals surface area contributed by atoms with Crippen LogP contribution in [0.5, 0.6) is 5.75 Å². The molecule has 1 amide bonds. The molecule has 7 heteroatoms. The van der Waals surface area contributed by atoms with Crippen molar-refractivity contribution in [1.29, 1.82) is 0 Å². The number of anilines is 1. The van der Waals surface area contributed by atoms with Gasteiger partial charge in [-0.1, -0.05) is 23.2 Å². The molecule has 0 atom stereocenters. The Morgan fingerprint density at radius 2 is 1.76 bits per heavy atom. The molecule has 0 aliphatic carbocycles. The van der Waals surface area contributed by atoms with E-state index in [1.807, 2.05) is 0 Å². The van der Waals surface area contributed by atoms with E-state index in [9.17, 15) is 9.59 Å². The number of carbonyl (C=O) groups is 2. The molecule has 1 N–H and O–H groups in total. The second-order valence-corrected chi connectivity index (χ2v) is 6.27. The van der Waals surface area contributed by atoms with E-state index in [1.165, 1.54) is 0 Å². The van der Waals surface area contributed by atoms with E-state index in [1.54, 1.807) is 56.3 Å². The lowest BCUT2D eigenvalue weighted by Crippen LogP contribution is -2.18. The smallest absolute Gasteiger partial charge is 0.344 e. The van der Waals surface area contributed by atoms with Gasteiger partial charge in [0.1, 0.15) is 5.75 Å². The van der Waals surface area contributed by atoms with Crippen molar-refractivity contribution in [3.8, 4) is 5.75 Å². The molecular formula is C18H17Cl2NO4. The summed E-state index contributed by atoms with van der Waals surface area (Å²) in [4.78, 5) is 23.7. The third-order valence-corrected chi connectivity index (χ3v) is 3.58. The van der Waals surface area contributed by atoms with E-state index >= 15 is 0 Å². The minimum absolute atomic E-state index is 0.193.